The minimum absolute atomic E-state index is 0.0593. The zero-order valence-electron chi connectivity index (χ0n) is 17.7. The number of amides is 2. The van der Waals surface area contributed by atoms with Crippen LogP contribution in [0.3, 0.4) is 0 Å². The summed E-state index contributed by atoms with van der Waals surface area (Å²) in [7, 11) is 0. The van der Waals surface area contributed by atoms with Crippen molar-refractivity contribution in [2.75, 3.05) is 55.7 Å². The van der Waals surface area contributed by atoms with Gasteiger partial charge in [-0.3, -0.25) is 0 Å². The van der Waals surface area contributed by atoms with Gasteiger partial charge in [-0.2, -0.15) is 0 Å². The molecule has 0 bridgehead atoms. The van der Waals surface area contributed by atoms with Crippen LogP contribution in [0.5, 0.6) is 5.75 Å². The molecule has 1 aromatic heterocycles. The van der Waals surface area contributed by atoms with Gasteiger partial charge in [-0.05, 0) is 44.0 Å². The number of nitrogens with one attached hydrogen (secondary N) is 1. The molecule has 30 heavy (non-hydrogen) atoms. The van der Waals surface area contributed by atoms with Crippen molar-refractivity contribution in [2.24, 2.45) is 0 Å². The van der Waals surface area contributed by atoms with E-state index in [0.717, 1.165) is 69.4 Å². The summed E-state index contributed by atoms with van der Waals surface area (Å²) >= 11 is 0. The fourth-order valence-electron chi connectivity index (χ4n) is 4.21. The van der Waals surface area contributed by atoms with E-state index in [0.29, 0.717) is 6.61 Å². The SMILES string of the molecule is CCOc1ccccc1N1CCN(C(=O)NC2CCN(c3ccccn3)CC2)CC1. The standard InChI is InChI=1S/C23H31N5O2/c1-2-30-21-8-4-3-7-20(21)26-15-17-28(18-16-26)23(29)25-19-10-13-27(14-11-19)22-9-5-6-12-24-22/h3-9,12,19H,2,10-11,13-18H2,1H3,(H,25,29). The Morgan fingerprint density at radius 1 is 1.00 bits per heavy atom. The lowest BCUT2D eigenvalue weighted by Crippen LogP contribution is -2.55. The van der Waals surface area contributed by atoms with Gasteiger partial charge < -0.3 is 24.8 Å². The first-order valence-corrected chi connectivity index (χ1v) is 10.9. The van der Waals surface area contributed by atoms with Crippen LogP contribution in [0.15, 0.2) is 48.7 Å². The Kier molecular flexibility index (Phi) is 6.57. The van der Waals surface area contributed by atoms with Gasteiger partial charge in [-0.1, -0.05) is 18.2 Å². The minimum atomic E-state index is 0.0593. The van der Waals surface area contributed by atoms with Crippen LogP contribution in [0.25, 0.3) is 0 Å². The molecule has 3 heterocycles. The van der Waals surface area contributed by atoms with Gasteiger partial charge in [-0.15, -0.1) is 0 Å². The van der Waals surface area contributed by atoms with E-state index >= 15 is 0 Å². The number of para-hydroxylation sites is 2. The molecule has 2 saturated heterocycles. The highest BCUT2D eigenvalue weighted by atomic mass is 16.5. The lowest BCUT2D eigenvalue weighted by Gasteiger charge is -2.38. The summed E-state index contributed by atoms with van der Waals surface area (Å²) in [5.41, 5.74) is 1.11. The second kappa shape index (κ2) is 9.69. The maximum Gasteiger partial charge on any atom is 0.317 e. The summed E-state index contributed by atoms with van der Waals surface area (Å²) in [6.07, 6.45) is 3.73. The van der Waals surface area contributed by atoms with E-state index in [9.17, 15) is 4.79 Å². The molecule has 1 N–H and O–H groups in total. The van der Waals surface area contributed by atoms with Gasteiger partial charge in [0.25, 0.3) is 0 Å². The number of piperidine rings is 1. The maximum atomic E-state index is 12.8. The van der Waals surface area contributed by atoms with Gasteiger partial charge in [0.15, 0.2) is 0 Å². The van der Waals surface area contributed by atoms with Gasteiger partial charge in [-0.25, -0.2) is 9.78 Å². The Bertz CT molecular complexity index is 815. The van der Waals surface area contributed by atoms with Crippen LogP contribution in [0.1, 0.15) is 19.8 Å². The number of carbonyl (C=O) groups is 1. The number of piperazine rings is 1. The first kappa shape index (κ1) is 20.3. The first-order chi connectivity index (χ1) is 14.7. The van der Waals surface area contributed by atoms with Crippen molar-refractivity contribution >= 4 is 17.5 Å². The number of anilines is 2. The molecule has 0 aliphatic carbocycles. The lowest BCUT2D eigenvalue weighted by molar-refractivity contribution is 0.188. The number of hydrogen-bond donors (Lipinski definition) is 1. The topological polar surface area (TPSA) is 60.9 Å². The fraction of sp³-hybridized carbons (Fsp3) is 0.478. The van der Waals surface area contributed by atoms with Crippen molar-refractivity contribution in [2.45, 2.75) is 25.8 Å². The summed E-state index contributed by atoms with van der Waals surface area (Å²) in [6.45, 7) is 7.57. The zero-order chi connectivity index (χ0) is 20.8. The van der Waals surface area contributed by atoms with E-state index in [1.165, 1.54) is 0 Å². The largest absolute Gasteiger partial charge is 0.492 e. The lowest BCUT2D eigenvalue weighted by atomic mass is 10.1. The average Bonchev–Trinajstić information content (AvgIpc) is 2.81. The number of urea groups is 1. The van der Waals surface area contributed by atoms with Crippen molar-refractivity contribution in [1.82, 2.24) is 15.2 Å². The van der Waals surface area contributed by atoms with Gasteiger partial charge in [0.2, 0.25) is 0 Å². The number of carbonyl (C=O) groups excluding carboxylic acids is 1. The molecule has 160 valence electrons. The quantitative estimate of drug-likeness (QED) is 0.823. The van der Waals surface area contributed by atoms with E-state index in [1.807, 2.05) is 54.4 Å². The first-order valence-electron chi connectivity index (χ1n) is 10.9. The van der Waals surface area contributed by atoms with Crippen molar-refractivity contribution in [3.05, 3.63) is 48.7 Å². The molecule has 0 atom stereocenters. The van der Waals surface area contributed by atoms with Crippen LogP contribution in [0, 0.1) is 0 Å². The van der Waals surface area contributed by atoms with Gasteiger partial charge in [0.05, 0.1) is 12.3 Å². The van der Waals surface area contributed by atoms with Crippen molar-refractivity contribution in [1.29, 1.82) is 0 Å². The van der Waals surface area contributed by atoms with Gasteiger partial charge in [0, 0.05) is 51.5 Å². The highest BCUT2D eigenvalue weighted by Crippen LogP contribution is 2.28. The third-order valence-electron chi connectivity index (χ3n) is 5.87. The maximum absolute atomic E-state index is 12.8. The van der Waals surface area contributed by atoms with Crippen molar-refractivity contribution < 1.29 is 9.53 Å². The highest BCUT2D eigenvalue weighted by molar-refractivity contribution is 5.75. The second-order valence-corrected chi connectivity index (χ2v) is 7.77. The number of hydrogen-bond acceptors (Lipinski definition) is 5. The molecular formula is C23H31N5O2. The number of aromatic nitrogens is 1. The monoisotopic (exact) mass is 409 g/mol. The molecular weight excluding hydrogens is 378 g/mol. The van der Waals surface area contributed by atoms with E-state index < -0.39 is 0 Å². The zero-order valence-corrected chi connectivity index (χ0v) is 17.7. The molecule has 0 unspecified atom stereocenters. The third-order valence-corrected chi connectivity index (χ3v) is 5.87. The van der Waals surface area contributed by atoms with Crippen LogP contribution >= 0.6 is 0 Å². The molecule has 2 amide bonds. The normalized spacial score (nSPS) is 17.7. The van der Waals surface area contributed by atoms with Crippen molar-refractivity contribution in [3.63, 3.8) is 0 Å². The molecule has 2 aliphatic rings. The van der Waals surface area contributed by atoms with Crippen molar-refractivity contribution in [3.8, 4) is 5.75 Å². The Morgan fingerprint density at radius 3 is 2.43 bits per heavy atom. The molecule has 2 aromatic rings. The molecule has 2 aliphatic heterocycles. The smallest absolute Gasteiger partial charge is 0.317 e. The van der Waals surface area contributed by atoms with Crippen LogP contribution in [0.4, 0.5) is 16.3 Å². The summed E-state index contributed by atoms with van der Waals surface area (Å²) in [6, 6.07) is 14.4. The molecule has 0 saturated carbocycles. The van der Waals surface area contributed by atoms with Crippen LogP contribution in [0.2, 0.25) is 0 Å². The Hall–Kier alpha value is -2.96. The Balaban J connectivity index is 1.24. The number of ether oxygens (including phenoxy) is 1. The minimum Gasteiger partial charge on any atom is -0.492 e. The Morgan fingerprint density at radius 2 is 1.73 bits per heavy atom. The van der Waals surface area contributed by atoms with Crippen LogP contribution in [-0.2, 0) is 0 Å². The average molecular weight is 410 g/mol. The van der Waals surface area contributed by atoms with E-state index in [1.54, 1.807) is 0 Å². The molecule has 7 heteroatoms. The molecule has 4 rings (SSSR count). The molecule has 1 aromatic carbocycles. The number of benzene rings is 1. The Labute approximate surface area is 178 Å². The van der Waals surface area contributed by atoms with Gasteiger partial charge >= 0.3 is 6.03 Å². The van der Waals surface area contributed by atoms with E-state index in [4.69, 9.17) is 4.74 Å². The van der Waals surface area contributed by atoms with E-state index in [-0.39, 0.29) is 12.1 Å². The molecule has 2 fully saturated rings. The number of rotatable bonds is 5. The predicted octanol–water partition coefficient (Wildman–Crippen LogP) is 2.98. The van der Waals surface area contributed by atoms with Gasteiger partial charge in [0.1, 0.15) is 11.6 Å². The summed E-state index contributed by atoms with van der Waals surface area (Å²) in [5, 5.41) is 3.24. The van der Waals surface area contributed by atoms with Crippen LogP contribution in [-0.4, -0.2) is 67.8 Å². The molecule has 0 radical (unpaired) electrons. The second-order valence-electron chi connectivity index (χ2n) is 7.77. The fourth-order valence-corrected chi connectivity index (χ4v) is 4.21. The number of nitrogens with zero attached hydrogens (tertiary/aromatic N) is 4. The third kappa shape index (κ3) is 4.78. The number of pyridine rings is 1. The summed E-state index contributed by atoms with van der Waals surface area (Å²) in [4.78, 5) is 23.7. The van der Waals surface area contributed by atoms with E-state index in [2.05, 4.69) is 26.2 Å². The van der Waals surface area contributed by atoms with Crippen LogP contribution < -0.4 is 19.9 Å². The summed E-state index contributed by atoms with van der Waals surface area (Å²) < 4.78 is 5.76. The summed E-state index contributed by atoms with van der Waals surface area (Å²) in [5.74, 6) is 1.93. The molecule has 0 spiro atoms. The molecule has 7 nitrogen and oxygen atoms in total. The highest BCUT2D eigenvalue weighted by Gasteiger charge is 2.26. The predicted molar refractivity (Wildman–Crippen MR) is 119 cm³/mol.